The van der Waals surface area contributed by atoms with Gasteiger partial charge >= 0.3 is 4.87 Å². The van der Waals surface area contributed by atoms with Crippen molar-refractivity contribution in [2.24, 2.45) is 0 Å². The summed E-state index contributed by atoms with van der Waals surface area (Å²) in [5.41, 5.74) is 1.90. The first-order chi connectivity index (χ1) is 9.10. The Morgan fingerprint density at radius 3 is 2.63 bits per heavy atom. The fourth-order valence-electron chi connectivity index (χ4n) is 1.57. The Labute approximate surface area is 113 Å². The summed E-state index contributed by atoms with van der Waals surface area (Å²) in [5.74, 6) is -0.270. The molecule has 5 nitrogen and oxygen atoms in total. The van der Waals surface area contributed by atoms with Crippen molar-refractivity contribution in [3.63, 3.8) is 0 Å². The second-order valence-corrected chi connectivity index (χ2v) is 4.79. The van der Waals surface area contributed by atoms with Gasteiger partial charge in [0.2, 0.25) is 5.91 Å². The zero-order valence-corrected chi connectivity index (χ0v) is 11.0. The molecule has 0 aliphatic carbocycles. The number of thiazole rings is 1. The third-order valence-corrected chi connectivity index (χ3v) is 3.46. The summed E-state index contributed by atoms with van der Waals surface area (Å²) >= 11 is 1.08. The highest BCUT2D eigenvalue weighted by atomic mass is 32.1. The molecule has 0 radical (unpaired) electrons. The monoisotopic (exact) mass is 273 g/mol. The van der Waals surface area contributed by atoms with Crippen molar-refractivity contribution in [1.29, 1.82) is 5.26 Å². The molecule has 0 saturated heterocycles. The van der Waals surface area contributed by atoms with E-state index in [-0.39, 0.29) is 17.3 Å². The van der Waals surface area contributed by atoms with Gasteiger partial charge in [0, 0.05) is 16.8 Å². The van der Waals surface area contributed by atoms with Crippen LogP contribution in [0.15, 0.2) is 34.4 Å². The van der Waals surface area contributed by atoms with Gasteiger partial charge in [0.25, 0.3) is 0 Å². The smallest absolute Gasteiger partial charge is 0.307 e. The van der Waals surface area contributed by atoms with Gasteiger partial charge in [-0.15, -0.1) is 0 Å². The van der Waals surface area contributed by atoms with E-state index in [4.69, 9.17) is 5.26 Å². The van der Waals surface area contributed by atoms with Crippen molar-refractivity contribution in [2.45, 2.75) is 13.5 Å². The molecule has 2 rings (SSSR count). The fraction of sp³-hybridized carbons (Fsp3) is 0.154. The summed E-state index contributed by atoms with van der Waals surface area (Å²) in [6.07, 6.45) is 0. The molecule has 1 N–H and O–H groups in total. The number of amides is 1. The summed E-state index contributed by atoms with van der Waals surface area (Å²) in [5, 5.41) is 13.1. The molecule has 6 heteroatoms. The molecular weight excluding hydrogens is 262 g/mol. The lowest BCUT2D eigenvalue weighted by atomic mass is 10.2. The van der Waals surface area contributed by atoms with E-state index in [1.54, 1.807) is 36.6 Å². The van der Waals surface area contributed by atoms with Gasteiger partial charge in [0.05, 0.1) is 11.6 Å². The molecule has 1 heterocycles. The van der Waals surface area contributed by atoms with Crippen LogP contribution < -0.4 is 10.2 Å². The van der Waals surface area contributed by atoms with Crippen LogP contribution in [0.3, 0.4) is 0 Å². The highest BCUT2D eigenvalue weighted by molar-refractivity contribution is 7.07. The van der Waals surface area contributed by atoms with Crippen LogP contribution >= 0.6 is 11.3 Å². The summed E-state index contributed by atoms with van der Waals surface area (Å²) in [7, 11) is 0. The van der Waals surface area contributed by atoms with Gasteiger partial charge in [-0.3, -0.25) is 14.2 Å². The van der Waals surface area contributed by atoms with E-state index >= 15 is 0 Å². The number of carbonyl (C=O) groups excluding carboxylic acids is 1. The summed E-state index contributed by atoms with van der Waals surface area (Å²) in [4.78, 5) is 23.1. The van der Waals surface area contributed by atoms with Crippen molar-refractivity contribution < 1.29 is 4.79 Å². The minimum atomic E-state index is -0.270. The number of aryl methyl sites for hydroxylation is 1. The Balaban J connectivity index is 2.05. The topological polar surface area (TPSA) is 74.9 Å². The molecule has 1 aromatic carbocycles. The normalized spacial score (nSPS) is 9.89. The van der Waals surface area contributed by atoms with E-state index in [0.717, 1.165) is 17.0 Å². The van der Waals surface area contributed by atoms with E-state index in [9.17, 15) is 9.59 Å². The van der Waals surface area contributed by atoms with E-state index in [0.29, 0.717) is 11.3 Å². The van der Waals surface area contributed by atoms with Gasteiger partial charge < -0.3 is 5.32 Å². The number of carbonyl (C=O) groups is 1. The number of hydrogen-bond donors (Lipinski definition) is 1. The van der Waals surface area contributed by atoms with Crippen LogP contribution in [0.2, 0.25) is 0 Å². The van der Waals surface area contributed by atoms with E-state index in [2.05, 4.69) is 5.32 Å². The Kier molecular flexibility index (Phi) is 3.78. The quantitative estimate of drug-likeness (QED) is 0.925. The minimum absolute atomic E-state index is 0.00579. The van der Waals surface area contributed by atoms with Gasteiger partial charge in [-0.05, 0) is 31.2 Å². The van der Waals surface area contributed by atoms with Crippen molar-refractivity contribution in [2.75, 3.05) is 5.32 Å². The van der Waals surface area contributed by atoms with Crippen LogP contribution in [0.25, 0.3) is 0 Å². The first-order valence-electron chi connectivity index (χ1n) is 5.55. The Hall–Kier alpha value is -2.39. The lowest BCUT2D eigenvalue weighted by Gasteiger charge is -2.06. The van der Waals surface area contributed by atoms with Crippen molar-refractivity contribution in [3.05, 3.63) is 50.6 Å². The summed E-state index contributed by atoms with van der Waals surface area (Å²) < 4.78 is 1.42. The molecule has 19 heavy (non-hydrogen) atoms. The maximum Gasteiger partial charge on any atom is 0.307 e. The zero-order valence-electron chi connectivity index (χ0n) is 10.2. The third-order valence-electron chi connectivity index (χ3n) is 2.58. The summed E-state index contributed by atoms with van der Waals surface area (Å²) in [6, 6.07) is 8.55. The SMILES string of the molecule is Cc1csc(=O)n1CC(=O)Nc1ccc(C#N)cc1. The highest BCUT2D eigenvalue weighted by Gasteiger charge is 2.08. The van der Waals surface area contributed by atoms with E-state index in [1.807, 2.05) is 6.07 Å². The molecule has 1 aromatic heterocycles. The van der Waals surface area contributed by atoms with Crippen molar-refractivity contribution >= 4 is 22.9 Å². The molecule has 0 spiro atoms. The zero-order chi connectivity index (χ0) is 13.8. The average Bonchev–Trinajstić information content (AvgIpc) is 2.71. The Morgan fingerprint density at radius 2 is 2.11 bits per heavy atom. The molecule has 0 bridgehead atoms. The van der Waals surface area contributed by atoms with E-state index in [1.165, 1.54) is 4.57 Å². The molecule has 0 aliphatic heterocycles. The van der Waals surface area contributed by atoms with Crippen LogP contribution in [0.5, 0.6) is 0 Å². The molecule has 0 fully saturated rings. The predicted molar refractivity (Wildman–Crippen MR) is 73.1 cm³/mol. The van der Waals surface area contributed by atoms with Crippen LogP contribution in [-0.4, -0.2) is 10.5 Å². The molecule has 96 valence electrons. The maximum atomic E-state index is 11.8. The molecular formula is C13H11N3O2S. The number of rotatable bonds is 3. The first-order valence-corrected chi connectivity index (χ1v) is 6.43. The maximum absolute atomic E-state index is 11.8. The standard InChI is InChI=1S/C13H11N3O2S/c1-9-8-19-13(18)16(9)7-12(17)15-11-4-2-10(6-14)3-5-11/h2-5,8H,7H2,1H3,(H,15,17). The van der Waals surface area contributed by atoms with Gasteiger partial charge in [-0.1, -0.05) is 11.3 Å². The molecule has 0 saturated carbocycles. The number of benzene rings is 1. The average molecular weight is 273 g/mol. The van der Waals surface area contributed by atoms with Crippen LogP contribution in [0, 0.1) is 18.3 Å². The molecule has 0 atom stereocenters. The van der Waals surface area contributed by atoms with Crippen LogP contribution in [-0.2, 0) is 11.3 Å². The fourth-order valence-corrected chi connectivity index (χ4v) is 2.30. The summed E-state index contributed by atoms with van der Waals surface area (Å²) in [6.45, 7) is 1.78. The van der Waals surface area contributed by atoms with E-state index < -0.39 is 0 Å². The minimum Gasteiger partial charge on any atom is -0.325 e. The lowest BCUT2D eigenvalue weighted by molar-refractivity contribution is -0.116. The van der Waals surface area contributed by atoms with Gasteiger partial charge in [-0.25, -0.2) is 0 Å². The first kappa shape index (κ1) is 13.1. The van der Waals surface area contributed by atoms with Crippen molar-refractivity contribution in [1.82, 2.24) is 4.57 Å². The van der Waals surface area contributed by atoms with Gasteiger partial charge in [0.15, 0.2) is 0 Å². The van der Waals surface area contributed by atoms with Gasteiger partial charge in [-0.2, -0.15) is 5.26 Å². The Bertz CT molecular complexity index is 692. The third kappa shape index (κ3) is 3.09. The van der Waals surface area contributed by atoms with Gasteiger partial charge in [0.1, 0.15) is 6.54 Å². The molecule has 0 aliphatic rings. The number of nitrogens with zero attached hydrogens (tertiary/aromatic N) is 2. The number of nitriles is 1. The number of anilines is 1. The lowest BCUT2D eigenvalue weighted by Crippen LogP contribution is -2.25. The largest absolute Gasteiger partial charge is 0.325 e. The van der Waals surface area contributed by atoms with Crippen LogP contribution in [0.1, 0.15) is 11.3 Å². The molecule has 1 amide bonds. The molecule has 2 aromatic rings. The highest BCUT2D eigenvalue weighted by Crippen LogP contribution is 2.09. The second kappa shape index (κ2) is 5.50. The second-order valence-electron chi connectivity index (χ2n) is 3.97. The van der Waals surface area contributed by atoms with Crippen LogP contribution in [0.4, 0.5) is 5.69 Å². The number of nitrogens with one attached hydrogen (secondary N) is 1. The Morgan fingerprint density at radius 1 is 1.42 bits per heavy atom. The van der Waals surface area contributed by atoms with Crippen molar-refractivity contribution in [3.8, 4) is 6.07 Å². The molecule has 0 unspecified atom stereocenters. The predicted octanol–water partition coefficient (Wildman–Crippen LogP) is 1.73. The number of aromatic nitrogens is 1. The number of hydrogen-bond acceptors (Lipinski definition) is 4.